The van der Waals surface area contributed by atoms with Crippen molar-refractivity contribution < 1.29 is 8.42 Å². The van der Waals surface area contributed by atoms with Crippen LogP contribution in [0.1, 0.15) is 5.56 Å². The van der Waals surface area contributed by atoms with Crippen LogP contribution < -0.4 is 4.90 Å². The third-order valence-corrected chi connectivity index (χ3v) is 6.57. The molecule has 0 atom stereocenters. The SMILES string of the molecule is Cc1ccc(S(=O)(=O)n2ccc3ccc(N4CCN(C)CC4)nc32)cc1. The number of piperazine rings is 1. The maximum Gasteiger partial charge on any atom is 0.269 e. The molecule has 136 valence electrons. The van der Waals surface area contributed by atoms with Crippen LogP contribution in [0.2, 0.25) is 0 Å². The highest BCUT2D eigenvalue weighted by molar-refractivity contribution is 7.90. The van der Waals surface area contributed by atoms with E-state index < -0.39 is 10.0 Å². The maximum atomic E-state index is 13.1. The Balaban J connectivity index is 1.76. The first-order valence-corrected chi connectivity index (χ1v) is 10.1. The standard InChI is InChI=1S/C19H22N4O2S/c1-15-3-6-17(7-4-15)26(24,25)23-10-9-16-5-8-18(20-19(16)23)22-13-11-21(2)12-14-22/h3-10H,11-14H2,1-2H3. The minimum atomic E-state index is -3.67. The lowest BCUT2D eigenvalue weighted by Crippen LogP contribution is -2.44. The van der Waals surface area contributed by atoms with Gasteiger partial charge in [0.25, 0.3) is 10.0 Å². The molecule has 26 heavy (non-hydrogen) atoms. The van der Waals surface area contributed by atoms with Crippen molar-refractivity contribution in [1.29, 1.82) is 0 Å². The Labute approximate surface area is 153 Å². The molecule has 3 aromatic rings. The molecular formula is C19H22N4O2S. The topological polar surface area (TPSA) is 58.4 Å². The molecule has 0 amide bonds. The monoisotopic (exact) mass is 370 g/mol. The number of hydrogen-bond donors (Lipinski definition) is 0. The van der Waals surface area contributed by atoms with Crippen LogP contribution in [0.25, 0.3) is 11.0 Å². The van der Waals surface area contributed by atoms with Gasteiger partial charge in [0.1, 0.15) is 5.82 Å². The summed E-state index contributed by atoms with van der Waals surface area (Å²) in [5.41, 5.74) is 1.50. The molecule has 1 aliphatic rings. The Hall–Kier alpha value is -2.38. The fraction of sp³-hybridized carbons (Fsp3) is 0.316. The van der Waals surface area contributed by atoms with E-state index >= 15 is 0 Å². The summed E-state index contributed by atoms with van der Waals surface area (Å²) < 4.78 is 27.4. The zero-order chi connectivity index (χ0) is 18.3. The van der Waals surface area contributed by atoms with E-state index in [1.54, 1.807) is 24.4 Å². The summed E-state index contributed by atoms with van der Waals surface area (Å²) in [5.74, 6) is 0.824. The predicted molar refractivity (Wildman–Crippen MR) is 103 cm³/mol. The zero-order valence-corrected chi connectivity index (χ0v) is 15.8. The van der Waals surface area contributed by atoms with E-state index in [1.807, 2.05) is 31.2 Å². The summed E-state index contributed by atoms with van der Waals surface area (Å²) in [6.45, 7) is 5.66. The van der Waals surface area contributed by atoms with Gasteiger partial charge in [-0.25, -0.2) is 17.4 Å². The van der Waals surface area contributed by atoms with E-state index in [1.165, 1.54) is 3.97 Å². The van der Waals surface area contributed by atoms with Crippen LogP contribution in [-0.4, -0.2) is 55.5 Å². The second-order valence-electron chi connectivity index (χ2n) is 6.80. The van der Waals surface area contributed by atoms with Gasteiger partial charge in [0.15, 0.2) is 5.65 Å². The highest BCUT2D eigenvalue weighted by Gasteiger charge is 2.21. The van der Waals surface area contributed by atoms with Crippen LogP contribution in [0.15, 0.2) is 53.6 Å². The van der Waals surface area contributed by atoms with Crippen LogP contribution in [0, 0.1) is 6.92 Å². The fourth-order valence-electron chi connectivity index (χ4n) is 3.20. The molecule has 0 saturated carbocycles. The van der Waals surface area contributed by atoms with Crippen molar-refractivity contribution >= 4 is 26.9 Å². The zero-order valence-electron chi connectivity index (χ0n) is 15.0. The maximum absolute atomic E-state index is 13.1. The number of pyridine rings is 1. The van der Waals surface area contributed by atoms with Crippen LogP contribution >= 0.6 is 0 Å². The Morgan fingerprint density at radius 1 is 0.923 bits per heavy atom. The Bertz CT molecular complexity index is 1030. The molecule has 1 aliphatic heterocycles. The summed E-state index contributed by atoms with van der Waals surface area (Å²) in [6.07, 6.45) is 1.58. The summed E-state index contributed by atoms with van der Waals surface area (Å²) in [5, 5.41) is 0.818. The first-order valence-electron chi connectivity index (χ1n) is 8.69. The molecule has 0 spiro atoms. The van der Waals surface area contributed by atoms with Gasteiger partial charge in [-0.15, -0.1) is 0 Å². The van der Waals surface area contributed by atoms with E-state index in [2.05, 4.69) is 21.8 Å². The minimum absolute atomic E-state index is 0.271. The number of benzene rings is 1. The van der Waals surface area contributed by atoms with Gasteiger partial charge in [0.2, 0.25) is 0 Å². The molecule has 1 fully saturated rings. The van der Waals surface area contributed by atoms with Gasteiger partial charge in [0, 0.05) is 37.8 Å². The first kappa shape index (κ1) is 17.1. The number of fused-ring (bicyclic) bond motifs is 1. The first-order chi connectivity index (χ1) is 12.4. The van der Waals surface area contributed by atoms with E-state index in [-0.39, 0.29) is 4.90 Å². The third kappa shape index (κ3) is 2.97. The highest BCUT2D eigenvalue weighted by atomic mass is 32.2. The van der Waals surface area contributed by atoms with Crippen LogP contribution in [0.3, 0.4) is 0 Å². The molecule has 6 nitrogen and oxygen atoms in total. The highest BCUT2D eigenvalue weighted by Crippen LogP contribution is 2.24. The molecule has 0 aliphatic carbocycles. The van der Waals surface area contributed by atoms with Crippen molar-refractivity contribution in [3.63, 3.8) is 0 Å². The van der Waals surface area contributed by atoms with E-state index in [0.29, 0.717) is 5.65 Å². The number of anilines is 1. The average molecular weight is 370 g/mol. The van der Waals surface area contributed by atoms with Crippen molar-refractivity contribution in [3.05, 3.63) is 54.2 Å². The number of nitrogens with zero attached hydrogens (tertiary/aromatic N) is 4. The summed E-state index contributed by atoms with van der Waals surface area (Å²) in [4.78, 5) is 9.44. The van der Waals surface area contributed by atoms with Crippen molar-refractivity contribution in [1.82, 2.24) is 13.9 Å². The molecule has 7 heteroatoms. The van der Waals surface area contributed by atoms with Crippen LogP contribution in [-0.2, 0) is 10.0 Å². The van der Waals surface area contributed by atoms with Gasteiger partial charge in [-0.3, -0.25) is 0 Å². The Kier molecular flexibility index (Phi) is 4.20. The molecular weight excluding hydrogens is 348 g/mol. The molecule has 2 aromatic heterocycles. The van der Waals surface area contributed by atoms with Gasteiger partial charge in [-0.05, 0) is 44.3 Å². The molecule has 0 N–H and O–H groups in total. The fourth-order valence-corrected chi connectivity index (χ4v) is 4.51. The lowest BCUT2D eigenvalue weighted by molar-refractivity contribution is 0.312. The van der Waals surface area contributed by atoms with E-state index in [4.69, 9.17) is 0 Å². The van der Waals surface area contributed by atoms with Crippen molar-refractivity contribution in [3.8, 4) is 0 Å². The normalized spacial score (nSPS) is 16.3. The second-order valence-corrected chi connectivity index (χ2v) is 8.62. The number of aryl methyl sites for hydroxylation is 1. The quantitative estimate of drug-likeness (QED) is 0.708. The average Bonchev–Trinajstić information content (AvgIpc) is 3.06. The Morgan fingerprint density at radius 2 is 1.62 bits per heavy atom. The molecule has 0 radical (unpaired) electrons. The van der Waals surface area contributed by atoms with Gasteiger partial charge < -0.3 is 9.80 Å². The summed E-state index contributed by atoms with van der Waals surface area (Å²) >= 11 is 0. The lowest BCUT2D eigenvalue weighted by Gasteiger charge is -2.33. The van der Waals surface area contributed by atoms with Crippen LogP contribution in [0.4, 0.5) is 5.82 Å². The van der Waals surface area contributed by atoms with Crippen molar-refractivity contribution in [2.45, 2.75) is 11.8 Å². The minimum Gasteiger partial charge on any atom is -0.354 e. The van der Waals surface area contributed by atoms with Crippen LogP contribution in [0.5, 0.6) is 0 Å². The van der Waals surface area contributed by atoms with Gasteiger partial charge in [0.05, 0.1) is 4.90 Å². The lowest BCUT2D eigenvalue weighted by atomic mass is 10.2. The smallest absolute Gasteiger partial charge is 0.269 e. The largest absolute Gasteiger partial charge is 0.354 e. The third-order valence-electron chi connectivity index (χ3n) is 4.89. The summed E-state index contributed by atoms with van der Waals surface area (Å²) in [6, 6.07) is 12.6. The van der Waals surface area contributed by atoms with Gasteiger partial charge in [-0.1, -0.05) is 17.7 Å². The molecule has 3 heterocycles. The van der Waals surface area contributed by atoms with Gasteiger partial charge in [-0.2, -0.15) is 0 Å². The predicted octanol–water partition coefficient (Wildman–Crippen LogP) is 2.33. The summed E-state index contributed by atoms with van der Waals surface area (Å²) in [7, 11) is -1.56. The number of rotatable bonds is 3. The van der Waals surface area contributed by atoms with Crippen molar-refractivity contribution in [2.75, 3.05) is 38.1 Å². The van der Waals surface area contributed by atoms with E-state index in [0.717, 1.165) is 42.9 Å². The molecule has 0 unspecified atom stereocenters. The number of hydrogen-bond acceptors (Lipinski definition) is 5. The number of aromatic nitrogens is 2. The van der Waals surface area contributed by atoms with Crippen molar-refractivity contribution in [2.24, 2.45) is 0 Å². The number of likely N-dealkylation sites (N-methyl/N-ethyl adjacent to an activating group) is 1. The Morgan fingerprint density at radius 3 is 2.31 bits per heavy atom. The molecule has 1 saturated heterocycles. The molecule has 1 aromatic carbocycles. The molecule has 0 bridgehead atoms. The second kappa shape index (κ2) is 6.41. The van der Waals surface area contributed by atoms with E-state index in [9.17, 15) is 8.42 Å². The van der Waals surface area contributed by atoms with Gasteiger partial charge >= 0.3 is 0 Å². The molecule has 4 rings (SSSR count).